The highest BCUT2D eigenvalue weighted by molar-refractivity contribution is 7.99. The molecule has 1 fully saturated rings. The van der Waals surface area contributed by atoms with Gasteiger partial charge in [0.2, 0.25) is 5.91 Å². The number of thioether (sulfide) groups is 1. The molecule has 1 amide bonds. The van der Waals surface area contributed by atoms with Crippen molar-refractivity contribution in [3.8, 4) is 17.1 Å². The van der Waals surface area contributed by atoms with E-state index in [1.807, 2.05) is 63.8 Å². The van der Waals surface area contributed by atoms with Gasteiger partial charge in [-0.2, -0.15) is 0 Å². The highest BCUT2D eigenvalue weighted by Gasteiger charge is 2.24. The summed E-state index contributed by atoms with van der Waals surface area (Å²) in [5.41, 5.74) is 3.58. The average molecular weight is 489 g/mol. The standard InChI is InChI=1S/C26H25FN6OS/c1-19-6-8-21(9-7-19)33-25(20-10-12-28-13-11-20)29-30-26(33)35-18-24(34)32-16-14-31(15-17-32)23-5-3-2-4-22(23)27/h2-13H,14-18H2,1H3. The Morgan fingerprint density at radius 3 is 2.37 bits per heavy atom. The van der Waals surface area contributed by atoms with Crippen molar-refractivity contribution in [2.24, 2.45) is 0 Å². The van der Waals surface area contributed by atoms with Gasteiger partial charge in [0.25, 0.3) is 0 Å². The molecule has 0 unspecified atom stereocenters. The van der Waals surface area contributed by atoms with Crippen LogP contribution in [0.2, 0.25) is 0 Å². The van der Waals surface area contributed by atoms with Crippen molar-refractivity contribution in [2.75, 3.05) is 36.8 Å². The number of para-hydroxylation sites is 1. The van der Waals surface area contributed by atoms with Crippen molar-refractivity contribution < 1.29 is 9.18 Å². The number of hydrogen-bond acceptors (Lipinski definition) is 6. The van der Waals surface area contributed by atoms with Crippen molar-refractivity contribution in [1.82, 2.24) is 24.6 Å². The fourth-order valence-electron chi connectivity index (χ4n) is 4.10. The number of aryl methyl sites for hydroxylation is 1. The molecule has 4 aromatic rings. The van der Waals surface area contributed by atoms with E-state index >= 15 is 0 Å². The van der Waals surface area contributed by atoms with Crippen LogP contribution in [-0.2, 0) is 4.79 Å². The second kappa shape index (κ2) is 10.3. The first kappa shape index (κ1) is 23.0. The van der Waals surface area contributed by atoms with E-state index < -0.39 is 0 Å². The van der Waals surface area contributed by atoms with Crippen LogP contribution in [-0.4, -0.2) is 62.5 Å². The number of benzene rings is 2. The van der Waals surface area contributed by atoms with E-state index in [0.29, 0.717) is 42.8 Å². The number of nitrogens with zero attached hydrogens (tertiary/aromatic N) is 6. The summed E-state index contributed by atoms with van der Waals surface area (Å²) >= 11 is 1.37. The van der Waals surface area contributed by atoms with Crippen LogP contribution in [0.3, 0.4) is 0 Å². The average Bonchev–Trinajstić information content (AvgIpc) is 3.32. The summed E-state index contributed by atoms with van der Waals surface area (Å²) in [7, 11) is 0. The zero-order valence-corrected chi connectivity index (χ0v) is 20.2. The topological polar surface area (TPSA) is 67.2 Å². The summed E-state index contributed by atoms with van der Waals surface area (Å²) in [5, 5.41) is 9.48. The van der Waals surface area contributed by atoms with Gasteiger partial charge >= 0.3 is 0 Å². The molecule has 0 bridgehead atoms. The molecule has 0 saturated carbocycles. The summed E-state index contributed by atoms with van der Waals surface area (Å²) in [6.45, 7) is 4.35. The maximum Gasteiger partial charge on any atom is 0.233 e. The number of carbonyl (C=O) groups is 1. The lowest BCUT2D eigenvalue weighted by molar-refractivity contribution is -0.128. The van der Waals surface area contributed by atoms with Crippen LogP contribution >= 0.6 is 11.8 Å². The van der Waals surface area contributed by atoms with Crippen LogP contribution in [0.5, 0.6) is 0 Å². The summed E-state index contributed by atoms with van der Waals surface area (Å²) in [6.07, 6.45) is 3.45. The van der Waals surface area contributed by atoms with Crippen molar-refractivity contribution in [3.63, 3.8) is 0 Å². The number of piperazine rings is 1. The lowest BCUT2D eigenvalue weighted by atomic mass is 10.2. The molecule has 0 aliphatic carbocycles. The summed E-state index contributed by atoms with van der Waals surface area (Å²) in [6, 6.07) is 18.7. The third kappa shape index (κ3) is 5.05. The van der Waals surface area contributed by atoms with E-state index in [1.54, 1.807) is 24.5 Å². The number of rotatable bonds is 6. The van der Waals surface area contributed by atoms with Gasteiger partial charge in [-0.05, 0) is 43.3 Å². The second-order valence-electron chi connectivity index (χ2n) is 8.32. The molecule has 3 heterocycles. The van der Waals surface area contributed by atoms with E-state index in [0.717, 1.165) is 16.8 Å². The van der Waals surface area contributed by atoms with Gasteiger partial charge in [-0.25, -0.2) is 4.39 Å². The molecular weight excluding hydrogens is 463 g/mol. The Kier molecular flexibility index (Phi) is 6.76. The first-order valence-electron chi connectivity index (χ1n) is 11.4. The monoisotopic (exact) mass is 488 g/mol. The van der Waals surface area contributed by atoms with Crippen LogP contribution in [0.25, 0.3) is 17.1 Å². The molecule has 0 spiro atoms. The quantitative estimate of drug-likeness (QED) is 0.379. The largest absolute Gasteiger partial charge is 0.366 e. The van der Waals surface area contributed by atoms with Crippen molar-refractivity contribution >= 4 is 23.4 Å². The van der Waals surface area contributed by atoms with Gasteiger partial charge in [0.15, 0.2) is 11.0 Å². The predicted octanol–water partition coefficient (Wildman–Crippen LogP) is 4.22. The number of hydrogen-bond donors (Lipinski definition) is 0. The smallest absolute Gasteiger partial charge is 0.233 e. The van der Waals surface area contributed by atoms with E-state index in [9.17, 15) is 9.18 Å². The molecule has 2 aromatic carbocycles. The van der Waals surface area contributed by atoms with Gasteiger partial charge in [-0.1, -0.05) is 41.6 Å². The Hall–Kier alpha value is -3.72. The van der Waals surface area contributed by atoms with Gasteiger partial charge in [0.1, 0.15) is 5.82 Å². The molecule has 0 radical (unpaired) electrons. The van der Waals surface area contributed by atoms with Gasteiger partial charge in [0.05, 0.1) is 11.4 Å². The number of carbonyl (C=O) groups excluding carboxylic acids is 1. The van der Waals surface area contributed by atoms with Crippen LogP contribution < -0.4 is 4.90 Å². The molecule has 2 aromatic heterocycles. The van der Waals surface area contributed by atoms with Crippen LogP contribution in [0.1, 0.15) is 5.56 Å². The van der Waals surface area contributed by atoms with Crippen LogP contribution in [0, 0.1) is 12.7 Å². The van der Waals surface area contributed by atoms with Crippen molar-refractivity contribution in [2.45, 2.75) is 12.1 Å². The van der Waals surface area contributed by atoms with Gasteiger partial charge in [-0.3, -0.25) is 14.3 Å². The zero-order chi connectivity index (χ0) is 24.2. The Balaban J connectivity index is 1.29. The molecule has 5 rings (SSSR count). The number of halogens is 1. The minimum absolute atomic E-state index is 0.0344. The normalized spacial score (nSPS) is 13.8. The maximum absolute atomic E-state index is 14.1. The summed E-state index contributed by atoms with van der Waals surface area (Å²) in [4.78, 5) is 20.9. The predicted molar refractivity (Wildman–Crippen MR) is 135 cm³/mol. The third-order valence-corrected chi connectivity index (χ3v) is 6.93. The lowest BCUT2D eigenvalue weighted by Gasteiger charge is -2.36. The first-order valence-corrected chi connectivity index (χ1v) is 12.4. The molecule has 9 heteroatoms. The molecule has 178 valence electrons. The fourth-order valence-corrected chi connectivity index (χ4v) is 4.96. The maximum atomic E-state index is 14.1. The summed E-state index contributed by atoms with van der Waals surface area (Å²) in [5.74, 6) is 0.750. The minimum atomic E-state index is -0.233. The summed E-state index contributed by atoms with van der Waals surface area (Å²) < 4.78 is 16.1. The molecule has 7 nitrogen and oxygen atoms in total. The highest BCUT2D eigenvalue weighted by Crippen LogP contribution is 2.28. The van der Waals surface area contributed by atoms with Gasteiger partial charge < -0.3 is 9.80 Å². The Morgan fingerprint density at radius 1 is 0.943 bits per heavy atom. The zero-order valence-electron chi connectivity index (χ0n) is 19.3. The fraction of sp³-hybridized carbons (Fsp3) is 0.231. The first-order chi connectivity index (χ1) is 17.1. The molecular formula is C26H25FN6OS. The Morgan fingerprint density at radius 2 is 1.66 bits per heavy atom. The second-order valence-corrected chi connectivity index (χ2v) is 9.26. The Bertz CT molecular complexity index is 1300. The highest BCUT2D eigenvalue weighted by atomic mass is 32.2. The Labute approximate surface area is 207 Å². The van der Waals surface area contributed by atoms with Crippen molar-refractivity contribution in [1.29, 1.82) is 0 Å². The minimum Gasteiger partial charge on any atom is -0.366 e. The molecule has 0 atom stereocenters. The molecule has 0 N–H and O–H groups in total. The third-order valence-electron chi connectivity index (χ3n) is 6.01. The van der Waals surface area contributed by atoms with Gasteiger partial charge in [-0.15, -0.1) is 10.2 Å². The number of anilines is 1. The van der Waals surface area contributed by atoms with E-state index in [1.165, 1.54) is 17.8 Å². The lowest BCUT2D eigenvalue weighted by Crippen LogP contribution is -2.49. The SMILES string of the molecule is Cc1ccc(-n2c(SCC(=O)N3CCN(c4ccccc4F)CC3)nnc2-c2ccncc2)cc1. The van der Waals surface area contributed by atoms with Crippen LogP contribution in [0.4, 0.5) is 10.1 Å². The van der Waals surface area contributed by atoms with E-state index in [4.69, 9.17) is 0 Å². The molecule has 1 aliphatic rings. The molecule has 1 saturated heterocycles. The van der Waals surface area contributed by atoms with Crippen molar-refractivity contribution in [3.05, 3.63) is 84.4 Å². The van der Waals surface area contributed by atoms with E-state index in [2.05, 4.69) is 15.2 Å². The van der Waals surface area contributed by atoms with E-state index in [-0.39, 0.29) is 17.5 Å². The van der Waals surface area contributed by atoms with Crippen LogP contribution in [0.15, 0.2) is 78.2 Å². The molecule has 1 aliphatic heterocycles. The molecule has 35 heavy (non-hydrogen) atoms. The van der Waals surface area contributed by atoms with Gasteiger partial charge in [0, 0.05) is 49.8 Å². The number of amides is 1. The number of aromatic nitrogens is 4. The number of pyridine rings is 1.